The lowest BCUT2D eigenvalue weighted by Crippen LogP contribution is -2.00. The number of carboxylic acid groups (broad SMARTS) is 1. The molecule has 0 spiro atoms. The number of ether oxygens (including phenoxy) is 1. The van der Waals surface area contributed by atoms with E-state index in [0.717, 1.165) is 0 Å². The molecule has 1 aromatic carbocycles. The summed E-state index contributed by atoms with van der Waals surface area (Å²) in [5, 5.41) is 16.4. The fourth-order valence-corrected chi connectivity index (χ4v) is 2.77. The highest BCUT2D eigenvalue weighted by Gasteiger charge is 2.14. The van der Waals surface area contributed by atoms with Crippen LogP contribution < -0.4 is 4.74 Å². The van der Waals surface area contributed by atoms with E-state index in [4.69, 9.17) is 14.3 Å². The Labute approximate surface area is 125 Å². The largest absolute Gasteiger partial charge is 0.481 e. The molecule has 1 aromatic heterocycles. The second-order valence-electron chi connectivity index (χ2n) is 3.58. The molecule has 0 bridgehead atoms. The van der Waals surface area contributed by atoms with Crippen molar-refractivity contribution in [3.8, 4) is 5.75 Å². The Morgan fingerprint density at radius 2 is 2.00 bits per heavy atom. The first-order chi connectivity index (χ1) is 8.97. The number of aromatic carboxylic acids is 1. The molecule has 0 saturated heterocycles. The van der Waals surface area contributed by atoms with E-state index in [2.05, 4.69) is 42.1 Å². The van der Waals surface area contributed by atoms with Gasteiger partial charge in [-0.3, -0.25) is 0 Å². The minimum atomic E-state index is -1.01. The summed E-state index contributed by atoms with van der Waals surface area (Å²) in [5.41, 5.74) is 0.153. The van der Waals surface area contributed by atoms with E-state index in [1.807, 2.05) is 0 Å². The van der Waals surface area contributed by atoms with Crippen molar-refractivity contribution in [2.75, 3.05) is 0 Å². The Morgan fingerprint density at radius 3 is 2.47 bits per heavy atom. The molecular formula is C11H8Br2N2O4. The zero-order valence-corrected chi connectivity index (χ0v) is 12.9. The van der Waals surface area contributed by atoms with Crippen LogP contribution in [-0.2, 0) is 6.61 Å². The van der Waals surface area contributed by atoms with Crippen LogP contribution in [0, 0.1) is 6.92 Å². The summed E-state index contributed by atoms with van der Waals surface area (Å²) in [6.07, 6.45) is 0. The van der Waals surface area contributed by atoms with Gasteiger partial charge in [-0.1, -0.05) is 0 Å². The average Bonchev–Trinajstić information content (AvgIpc) is 2.73. The predicted octanol–water partition coefficient (Wildman–Crippen LogP) is 3.18. The summed E-state index contributed by atoms with van der Waals surface area (Å²) in [7, 11) is 0. The number of carbonyl (C=O) groups is 1. The highest BCUT2D eigenvalue weighted by molar-refractivity contribution is 9.11. The van der Waals surface area contributed by atoms with Gasteiger partial charge in [-0.25, -0.2) is 4.79 Å². The van der Waals surface area contributed by atoms with Crippen LogP contribution >= 0.6 is 31.9 Å². The second-order valence-corrected chi connectivity index (χ2v) is 5.29. The maximum atomic E-state index is 10.9. The van der Waals surface area contributed by atoms with Crippen molar-refractivity contribution in [1.82, 2.24) is 10.2 Å². The van der Waals surface area contributed by atoms with Gasteiger partial charge in [0.15, 0.2) is 6.61 Å². The van der Waals surface area contributed by atoms with Gasteiger partial charge in [0.05, 0.1) is 14.5 Å². The van der Waals surface area contributed by atoms with E-state index in [1.165, 1.54) is 12.1 Å². The average molecular weight is 392 g/mol. The molecule has 19 heavy (non-hydrogen) atoms. The fraction of sp³-hybridized carbons (Fsp3) is 0.182. The summed E-state index contributed by atoms with van der Waals surface area (Å²) in [6, 6.07) is 2.92. The lowest BCUT2D eigenvalue weighted by Gasteiger charge is -2.09. The van der Waals surface area contributed by atoms with Gasteiger partial charge >= 0.3 is 5.97 Å². The summed E-state index contributed by atoms with van der Waals surface area (Å²) in [5.74, 6) is 0.262. The number of hydrogen-bond donors (Lipinski definition) is 1. The third kappa shape index (κ3) is 3.32. The van der Waals surface area contributed by atoms with Crippen LogP contribution in [0.2, 0.25) is 0 Å². The highest BCUT2D eigenvalue weighted by Crippen LogP contribution is 2.35. The van der Waals surface area contributed by atoms with Crippen LogP contribution in [0.25, 0.3) is 0 Å². The Hall–Kier alpha value is -1.41. The molecule has 100 valence electrons. The number of benzene rings is 1. The van der Waals surface area contributed by atoms with Crippen molar-refractivity contribution >= 4 is 37.8 Å². The zero-order chi connectivity index (χ0) is 14.0. The van der Waals surface area contributed by atoms with Crippen molar-refractivity contribution < 1.29 is 19.1 Å². The van der Waals surface area contributed by atoms with Crippen LogP contribution in [-0.4, -0.2) is 21.3 Å². The first-order valence-electron chi connectivity index (χ1n) is 5.11. The van der Waals surface area contributed by atoms with Crippen molar-refractivity contribution in [2.45, 2.75) is 13.5 Å². The molecule has 0 aliphatic rings. The highest BCUT2D eigenvalue weighted by atomic mass is 79.9. The Bertz CT molecular complexity index is 604. The molecule has 0 fully saturated rings. The molecular weight excluding hydrogens is 384 g/mol. The summed E-state index contributed by atoms with van der Waals surface area (Å²) < 4.78 is 11.7. The van der Waals surface area contributed by atoms with Crippen molar-refractivity contribution in [3.63, 3.8) is 0 Å². The molecule has 0 atom stereocenters. The third-order valence-corrected chi connectivity index (χ3v) is 3.33. The topological polar surface area (TPSA) is 85.5 Å². The Morgan fingerprint density at radius 1 is 1.37 bits per heavy atom. The minimum Gasteiger partial charge on any atom is -0.481 e. The summed E-state index contributed by atoms with van der Waals surface area (Å²) in [6.45, 7) is 1.79. The lowest BCUT2D eigenvalue weighted by atomic mass is 10.2. The van der Waals surface area contributed by atoms with E-state index < -0.39 is 5.97 Å². The number of nitrogens with zero attached hydrogens (tertiary/aromatic N) is 2. The van der Waals surface area contributed by atoms with Gasteiger partial charge in [-0.05, 0) is 44.0 Å². The summed E-state index contributed by atoms with van der Waals surface area (Å²) in [4.78, 5) is 10.9. The van der Waals surface area contributed by atoms with E-state index in [-0.39, 0.29) is 12.2 Å². The zero-order valence-electron chi connectivity index (χ0n) is 9.68. The number of halogens is 2. The quantitative estimate of drug-likeness (QED) is 0.861. The van der Waals surface area contributed by atoms with Gasteiger partial charge < -0.3 is 14.3 Å². The van der Waals surface area contributed by atoms with E-state index in [9.17, 15) is 4.79 Å². The molecule has 2 aromatic rings. The number of carboxylic acids is 1. The molecule has 0 aliphatic carbocycles. The van der Waals surface area contributed by atoms with Gasteiger partial charge in [0.2, 0.25) is 5.89 Å². The van der Waals surface area contributed by atoms with Gasteiger partial charge in [-0.15, -0.1) is 10.2 Å². The molecule has 0 aliphatic heterocycles. The van der Waals surface area contributed by atoms with E-state index >= 15 is 0 Å². The first-order valence-corrected chi connectivity index (χ1v) is 6.70. The van der Waals surface area contributed by atoms with E-state index in [0.29, 0.717) is 26.5 Å². The van der Waals surface area contributed by atoms with Gasteiger partial charge in [0.1, 0.15) is 5.75 Å². The number of aromatic nitrogens is 2. The number of rotatable bonds is 4. The van der Waals surface area contributed by atoms with Crippen LogP contribution in [0.15, 0.2) is 25.5 Å². The van der Waals surface area contributed by atoms with Crippen LogP contribution in [0.4, 0.5) is 0 Å². The minimum absolute atomic E-state index is 0.102. The fourth-order valence-electron chi connectivity index (χ4n) is 1.35. The smallest absolute Gasteiger partial charge is 0.335 e. The molecule has 0 radical (unpaired) electrons. The number of hydrogen-bond acceptors (Lipinski definition) is 5. The van der Waals surface area contributed by atoms with Crippen LogP contribution in [0.1, 0.15) is 22.1 Å². The third-order valence-electron chi connectivity index (χ3n) is 2.15. The van der Waals surface area contributed by atoms with Gasteiger partial charge in [0.25, 0.3) is 5.89 Å². The second kappa shape index (κ2) is 5.70. The van der Waals surface area contributed by atoms with E-state index in [1.54, 1.807) is 6.92 Å². The van der Waals surface area contributed by atoms with Crippen molar-refractivity contribution in [1.29, 1.82) is 0 Å². The number of aryl methyl sites for hydroxylation is 1. The maximum absolute atomic E-state index is 10.9. The van der Waals surface area contributed by atoms with Crippen LogP contribution in [0.3, 0.4) is 0 Å². The Kier molecular flexibility index (Phi) is 4.20. The SMILES string of the molecule is Cc1nnc(COc2c(Br)cc(C(=O)O)cc2Br)o1. The van der Waals surface area contributed by atoms with Crippen molar-refractivity contribution in [3.05, 3.63) is 38.4 Å². The molecule has 1 N–H and O–H groups in total. The molecule has 1 heterocycles. The Balaban J connectivity index is 2.18. The standard InChI is InChI=1S/C11H8Br2N2O4/c1-5-14-15-9(19-5)4-18-10-7(12)2-6(11(16)17)3-8(10)13/h2-3H,4H2,1H3,(H,16,17). The van der Waals surface area contributed by atoms with Gasteiger partial charge in [0, 0.05) is 6.92 Å². The maximum Gasteiger partial charge on any atom is 0.335 e. The molecule has 0 saturated carbocycles. The molecule has 0 amide bonds. The molecule has 6 nitrogen and oxygen atoms in total. The monoisotopic (exact) mass is 390 g/mol. The predicted molar refractivity (Wildman–Crippen MR) is 72.2 cm³/mol. The molecule has 8 heteroatoms. The van der Waals surface area contributed by atoms with Crippen molar-refractivity contribution in [2.24, 2.45) is 0 Å². The molecule has 0 unspecified atom stereocenters. The van der Waals surface area contributed by atoms with Crippen LogP contribution in [0.5, 0.6) is 5.75 Å². The normalized spacial score (nSPS) is 10.5. The first kappa shape index (κ1) is 14.0. The lowest BCUT2D eigenvalue weighted by molar-refractivity contribution is 0.0696. The summed E-state index contributed by atoms with van der Waals surface area (Å²) >= 11 is 6.52. The van der Waals surface area contributed by atoms with Gasteiger partial charge in [-0.2, -0.15) is 0 Å². The molecule has 2 rings (SSSR count).